The van der Waals surface area contributed by atoms with Crippen molar-refractivity contribution in [2.45, 2.75) is 20.0 Å². The second kappa shape index (κ2) is 6.91. The topological polar surface area (TPSA) is 61.2 Å². The van der Waals surface area contributed by atoms with Crippen LogP contribution in [-0.4, -0.2) is 28.5 Å². The van der Waals surface area contributed by atoms with Crippen molar-refractivity contribution >= 4 is 0 Å². The Kier molecular flexibility index (Phi) is 4.95. The van der Waals surface area contributed by atoms with Gasteiger partial charge in [-0.1, -0.05) is 6.07 Å². The largest absolute Gasteiger partial charge is 0.493 e. The molecule has 0 amide bonds. The molecule has 2 rings (SSSR count). The van der Waals surface area contributed by atoms with Crippen LogP contribution in [0.3, 0.4) is 0 Å². The van der Waals surface area contributed by atoms with E-state index in [-0.39, 0.29) is 0 Å². The summed E-state index contributed by atoms with van der Waals surface area (Å²) in [5.74, 6) is 2.30. The number of aryl methyl sites for hydroxylation is 1. The lowest BCUT2D eigenvalue weighted by Crippen LogP contribution is -2.14. The minimum atomic E-state index is 0.616. The number of nitrogens with zero attached hydrogens (tertiary/aromatic N) is 3. The maximum absolute atomic E-state index is 5.56. The maximum atomic E-state index is 5.56. The van der Waals surface area contributed by atoms with Gasteiger partial charge in [-0.05, 0) is 24.6 Å². The summed E-state index contributed by atoms with van der Waals surface area (Å²) < 4.78 is 12.5. The summed E-state index contributed by atoms with van der Waals surface area (Å²) in [6, 6.07) is 5.92. The van der Waals surface area contributed by atoms with Gasteiger partial charge in [0.15, 0.2) is 17.3 Å². The molecule has 0 bridgehead atoms. The van der Waals surface area contributed by atoms with E-state index in [9.17, 15) is 0 Å². The smallest absolute Gasteiger partial charge is 0.164 e. The lowest BCUT2D eigenvalue weighted by Gasteiger charge is -2.11. The van der Waals surface area contributed by atoms with Crippen LogP contribution in [0.2, 0.25) is 0 Å². The second-order valence-corrected chi connectivity index (χ2v) is 4.36. The summed E-state index contributed by atoms with van der Waals surface area (Å²) in [5, 5.41) is 7.52. The second-order valence-electron chi connectivity index (χ2n) is 4.36. The van der Waals surface area contributed by atoms with E-state index in [1.807, 2.05) is 32.2 Å². The molecule has 0 spiro atoms. The number of aromatic nitrogens is 3. The molecule has 0 aliphatic rings. The molecule has 6 heteroatoms. The predicted octanol–water partition coefficient (Wildman–Crippen LogP) is 1.51. The van der Waals surface area contributed by atoms with Gasteiger partial charge in [-0.3, -0.25) is 4.68 Å². The third-order valence-electron chi connectivity index (χ3n) is 2.79. The molecule has 0 atom stereocenters. The Labute approximate surface area is 118 Å². The lowest BCUT2D eigenvalue weighted by atomic mass is 10.2. The van der Waals surface area contributed by atoms with Crippen LogP contribution in [-0.2, 0) is 20.1 Å². The third kappa shape index (κ3) is 3.71. The molecule has 0 saturated carbocycles. The van der Waals surface area contributed by atoms with Crippen molar-refractivity contribution in [2.24, 2.45) is 7.05 Å². The summed E-state index contributed by atoms with van der Waals surface area (Å²) >= 11 is 0. The standard InChI is InChI=1S/C14H20N4O2/c1-4-20-13-7-11(5-6-12(13)19-3)8-15-9-14-16-10-18(2)17-14/h5-7,10,15H,4,8-9H2,1-3H3. The number of nitrogens with one attached hydrogen (secondary N) is 1. The molecule has 0 aliphatic heterocycles. The van der Waals surface area contributed by atoms with Crippen molar-refractivity contribution in [3.63, 3.8) is 0 Å². The number of benzene rings is 1. The Morgan fingerprint density at radius 1 is 1.25 bits per heavy atom. The van der Waals surface area contributed by atoms with Gasteiger partial charge in [0.05, 0.1) is 20.3 Å². The van der Waals surface area contributed by atoms with Crippen LogP contribution in [0.15, 0.2) is 24.5 Å². The van der Waals surface area contributed by atoms with Gasteiger partial charge in [-0.25, -0.2) is 4.98 Å². The summed E-state index contributed by atoms with van der Waals surface area (Å²) in [6.45, 7) is 3.93. The highest BCUT2D eigenvalue weighted by atomic mass is 16.5. The first-order valence-electron chi connectivity index (χ1n) is 6.58. The summed E-state index contributed by atoms with van der Waals surface area (Å²) in [4.78, 5) is 4.17. The fourth-order valence-electron chi connectivity index (χ4n) is 1.88. The van der Waals surface area contributed by atoms with Gasteiger partial charge in [0.1, 0.15) is 6.33 Å². The van der Waals surface area contributed by atoms with Crippen molar-refractivity contribution in [1.29, 1.82) is 0 Å². The van der Waals surface area contributed by atoms with Gasteiger partial charge in [0.25, 0.3) is 0 Å². The fraction of sp³-hybridized carbons (Fsp3) is 0.429. The van der Waals surface area contributed by atoms with E-state index in [0.29, 0.717) is 13.2 Å². The first-order chi connectivity index (χ1) is 9.72. The molecule has 0 aliphatic carbocycles. The molecule has 108 valence electrons. The molecule has 1 N–H and O–H groups in total. The maximum Gasteiger partial charge on any atom is 0.164 e. The summed E-state index contributed by atoms with van der Waals surface area (Å²) in [5.41, 5.74) is 1.13. The monoisotopic (exact) mass is 276 g/mol. The molecule has 0 radical (unpaired) electrons. The number of methoxy groups -OCH3 is 1. The lowest BCUT2D eigenvalue weighted by molar-refractivity contribution is 0.310. The number of hydrogen-bond acceptors (Lipinski definition) is 5. The molecular formula is C14H20N4O2. The van der Waals surface area contributed by atoms with Gasteiger partial charge in [-0.2, -0.15) is 5.10 Å². The van der Waals surface area contributed by atoms with Gasteiger partial charge in [-0.15, -0.1) is 0 Å². The molecule has 1 heterocycles. The minimum Gasteiger partial charge on any atom is -0.493 e. The van der Waals surface area contributed by atoms with E-state index in [1.54, 1.807) is 18.1 Å². The van der Waals surface area contributed by atoms with E-state index < -0.39 is 0 Å². The Morgan fingerprint density at radius 2 is 2.10 bits per heavy atom. The van der Waals surface area contributed by atoms with Crippen molar-refractivity contribution in [2.75, 3.05) is 13.7 Å². The van der Waals surface area contributed by atoms with E-state index in [0.717, 1.165) is 29.4 Å². The Bertz CT molecular complexity index is 554. The number of hydrogen-bond donors (Lipinski definition) is 1. The molecule has 0 unspecified atom stereocenters. The SMILES string of the molecule is CCOc1cc(CNCc2ncn(C)n2)ccc1OC. The average Bonchev–Trinajstić information content (AvgIpc) is 2.85. The first kappa shape index (κ1) is 14.3. The van der Waals surface area contributed by atoms with Crippen LogP contribution in [0.1, 0.15) is 18.3 Å². The quantitative estimate of drug-likeness (QED) is 0.830. The van der Waals surface area contributed by atoms with Crippen molar-refractivity contribution in [1.82, 2.24) is 20.1 Å². The number of rotatable bonds is 7. The molecule has 6 nitrogen and oxygen atoms in total. The molecule has 0 fully saturated rings. The summed E-state index contributed by atoms with van der Waals surface area (Å²) in [7, 11) is 3.50. The zero-order chi connectivity index (χ0) is 14.4. The predicted molar refractivity (Wildman–Crippen MR) is 75.7 cm³/mol. The zero-order valence-electron chi connectivity index (χ0n) is 12.1. The normalized spacial score (nSPS) is 10.6. The fourth-order valence-corrected chi connectivity index (χ4v) is 1.88. The van der Waals surface area contributed by atoms with Gasteiger partial charge in [0, 0.05) is 13.6 Å². The van der Waals surface area contributed by atoms with Crippen LogP contribution < -0.4 is 14.8 Å². The van der Waals surface area contributed by atoms with Crippen LogP contribution in [0.5, 0.6) is 11.5 Å². The molecule has 20 heavy (non-hydrogen) atoms. The average molecular weight is 276 g/mol. The van der Waals surface area contributed by atoms with Crippen LogP contribution >= 0.6 is 0 Å². The Hall–Kier alpha value is -2.08. The van der Waals surface area contributed by atoms with Crippen molar-refractivity contribution in [3.05, 3.63) is 35.9 Å². The third-order valence-corrected chi connectivity index (χ3v) is 2.79. The van der Waals surface area contributed by atoms with Crippen molar-refractivity contribution in [3.8, 4) is 11.5 Å². The first-order valence-corrected chi connectivity index (χ1v) is 6.58. The Morgan fingerprint density at radius 3 is 2.75 bits per heavy atom. The van der Waals surface area contributed by atoms with Crippen molar-refractivity contribution < 1.29 is 9.47 Å². The zero-order valence-corrected chi connectivity index (χ0v) is 12.1. The highest BCUT2D eigenvalue weighted by molar-refractivity contribution is 5.42. The molecular weight excluding hydrogens is 256 g/mol. The number of ether oxygens (including phenoxy) is 2. The van der Waals surface area contributed by atoms with Crippen LogP contribution in [0.4, 0.5) is 0 Å². The van der Waals surface area contributed by atoms with Crippen LogP contribution in [0.25, 0.3) is 0 Å². The molecule has 2 aromatic rings. The van der Waals surface area contributed by atoms with Crippen LogP contribution in [0, 0.1) is 0 Å². The van der Waals surface area contributed by atoms with E-state index >= 15 is 0 Å². The van der Waals surface area contributed by atoms with E-state index in [2.05, 4.69) is 15.4 Å². The Balaban J connectivity index is 1.93. The highest BCUT2D eigenvalue weighted by Crippen LogP contribution is 2.27. The van der Waals surface area contributed by atoms with Gasteiger partial charge >= 0.3 is 0 Å². The molecule has 0 saturated heterocycles. The minimum absolute atomic E-state index is 0.616. The van der Waals surface area contributed by atoms with Gasteiger partial charge in [0.2, 0.25) is 0 Å². The molecule has 1 aromatic carbocycles. The summed E-state index contributed by atoms with van der Waals surface area (Å²) in [6.07, 6.45) is 1.69. The van der Waals surface area contributed by atoms with E-state index in [4.69, 9.17) is 9.47 Å². The highest BCUT2D eigenvalue weighted by Gasteiger charge is 2.05. The molecule has 1 aromatic heterocycles. The van der Waals surface area contributed by atoms with E-state index in [1.165, 1.54) is 0 Å². The van der Waals surface area contributed by atoms with Gasteiger partial charge < -0.3 is 14.8 Å².